The molecule has 25 heavy (non-hydrogen) atoms. The maximum atomic E-state index is 12.6. The van der Waals surface area contributed by atoms with Gasteiger partial charge in [-0.05, 0) is 30.5 Å². The first-order chi connectivity index (χ1) is 12.0. The Bertz CT molecular complexity index is 812. The highest BCUT2D eigenvalue weighted by Crippen LogP contribution is 2.16. The summed E-state index contributed by atoms with van der Waals surface area (Å²) in [6, 6.07) is 10.4. The van der Waals surface area contributed by atoms with Crippen molar-refractivity contribution < 1.29 is 9.53 Å². The van der Waals surface area contributed by atoms with Crippen LogP contribution in [0, 0.1) is 0 Å². The van der Waals surface area contributed by atoms with E-state index in [9.17, 15) is 9.59 Å². The second kappa shape index (κ2) is 7.85. The lowest BCUT2D eigenvalue weighted by molar-refractivity contribution is 0.0586. The van der Waals surface area contributed by atoms with Crippen LogP contribution in [0.4, 0.5) is 0 Å². The van der Waals surface area contributed by atoms with Crippen LogP contribution >= 0.6 is 11.6 Å². The predicted octanol–water partition coefficient (Wildman–Crippen LogP) is 2.80. The summed E-state index contributed by atoms with van der Waals surface area (Å²) < 4.78 is 7.09. The summed E-state index contributed by atoms with van der Waals surface area (Å²) in [5, 5.41) is 0.599. The molecule has 132 valence electrons. The van der Waals surface area contributed by atoms with E-state index in [4.69, 9.17) is 16.3 Å². The van der Waals surface area contributed by atoms with Crippen molar-refractivity contribution >= 4 is 17.5 Å². The number of hydrogen-bond donors (Lipinski definition) is 0. The lowest BCUT2D eigenvalue weighted by Gasteiger charge is -2.21. The minimum Gasteiger partial charge on any atom is -0.376 e. The average molecular weight is 361 g/mol. The Balaban J connectivity index is 1.77. The molecule has 1 amide bonds. The van der Waals surface area contributed by atoms with Gasteiger partial charge < -0.3 is 14.2 Å². The number of carbonyl (C=O) groups is 1. The third-order valence-corrected chi connectivity index (χ3v) is 4.75. The molecule has 0 N–H and O–H groups in total. The largest absolute Gasteiger partial charge is 0.376 e. The number of pyridine rings is 1. The van der Waals surface area contributed by atoms with Crippen molar-refractivity contribution in [3.05, 3.63) is 69.1 Å². The molecular weight excluding hydrogens is 340 g/mol. The summed E-state index contributed by atoms with van der Waals surface area (Å²) in [4.78, 5) is 26.4. The first-order valence-electron chi connectivity index (χ1n) is 8.35. The van der Waals surface area contributed by atoms with Crippen LogP contribution in [-0.4, -0.2) is 41.7 Å². The highest BCUT2D eigenvalue weighted by molar-refractivity contribution is 6.31. The van der Waals surface area contributed by atoms with E-state index in [1.54, 1.807) is 30.3 Å². The fraction of sp³-hybridized carbons (Fsp3) is 0.368. The number of halogens is 1. The molecule has 1 aliphatic heterocycles. The van der Waals surface area contributed by atoms with Gasteiger partial charge >= 0.3 is 0 Å². The van der Waals surface area contributed by atoms with Gasteiger partial charge in [0.15, 0.2) is 0 Å². The van der Waals surface area contributed by atoms with Gasteiger partial charge in [-0.15, -0.1) is 0 Å². The lowest BCUT2D eigenvalue weighted by atomic mass is 10.2. The molecule has 1 unspecified atom stereocenters. The fourth-order valence-corrected chi connectivity index (χ4v) is 3.18. The molecule has 0 spiro atoms. The Morgan fingerprint density at radius 2 is 2.12 bits per heavy atom. The molecular formula is C19H21ClN2O3. The van der Waals surface area contributed by atoms with Gasteiger partial charge in [-0.25, -0.2) is 0 Å². The topological polar surface area (TPSA) is 51.5 Å². The molecule has 1 aromatic carbocycles. The van der Waals surface area contributed by atoms with E-state index in [0.717, 1.165) is 25.0 Å². The summed E-state index contributed by atoms with van der Waals surface area (Å²) in [5.74, 6) is -0.122. The van der Waals surface area contributed by atoms with Crippen molar-refractivity contribution in [2.75, 3.05) is 20.2 Å². The molecule has 1 aromatic heterocycles. The molecule has 6 heteroatoms. The minimum absolute atomic E-state index is 0.1000. The zero-order valence-corrected chi connectivity index (χ0v) is 14.9. The van der Waals surface area contributed by atoms with Crippen LogP contribution in [0.2, 0.25) is 5.02 Å². The molecule has 1 saturated heterocycles. The highest BCUT2D eigenvalue weighted by Gasteiger charge is 2.21. The first-order valence-corrected chi connectivity index (χ1v) is 8.73. The van der Waals surface area contributed by atoms with Crippen LogP contribution in [0.5, 0.6) is 0 Å². The first kappa shape index (κ1) is 17.7. The molecule has 2 heterocycles. The van der Waals surface area contributed by atoms with E-state index in [1.807, 2.05) is 18.2 Å². The number of hydrogen-bond acceptors (Lipinski definition) is 3. The van der Waals surface area contributed by atoms with Gasteiger partial charge in [0.25, 0.3) is 11.5 Å². The van der Waals surface area contributed by atoms with Gasteiger partial charge in [-0.2, -0.15) is 0 Å². The number of nitrogens with zero attached hydrogens (tertiary/aromatic N) is 2. The number of benzene rings is 1. The van der Waals surface area contributed by atoms with Crippen LogP contribution in [-0.2, 0) is 11.3 Å². The fourth-order valence-electron chi connectivity index (χ4n) is 2.99. The SMILES string of the molecule is CN(CC1CCCO1)C(=O)c1ccc(=O)n(Cc2ccccc2Cl)c1. The van der Waals surface area contributed by atoms with Gasteiger partial charge in [0.2, 0.25) is 0 Å². The normalized spacial score (nSPS) is 16.8. The minimum atomic E-state index is -0.168. The molecule has 2 aromatic rings. The van der Waals surface area contributed by atoms with E-state index < -0.39 is 0 Å². The summed E-state index contributed by atoms with van der Waals surface area (Å²) in [6.45, 7) is 1.65. The van der Waals surface area contributed by atoms with E-state index in [2.05, 4.69) is 0 Å². The number of ether oxygens (including phenoxy) is 1. The van der Waals surface area contributed by atoms with Gasteiger partial charge in [0, 0.05) is 37.5 Å². The summed E-state index contributed by atoms with van der Waals surface area (Å²) in [6.07, 6.45) is 3.71. The maximum Gasteiger partial charge on any atom is 0.255 e. The smallest absolute Gasteiger partial charge is 0.255 e. The van der Waals surface area contributed by atoms with Gasteiger partial charge in [-0.1, -0.05) is 29.8 Å². The molecule has 5 nitrogen and oxygen atoms in total. The third kappa shape index (κ3) is 4.30. The van der Waals surface area contributed by atoms with Gasteiger partial charge in [-0.3, -0.25) is 9.59 Å². The number of amides is 1. The highest BCUT2D eigenvalue weighted by atomic mass is 35.5. The van der Waals surface area contributed by atoms with Crippen LogP contribution < -0.4 is 5.56 Å². The number of aromatic nitrogens is 1. The molecule has 0 radical (unpaired) electrons. The number of rotatable bonds is 5. The van der Waals surface area contributed by atoms with Crippen molar-refractivity contribution in [1.82, 2.24) is 9.47 Å². The van der Waals surface area contributed by atoms with Gasteiger partial charge in [0.1, 0.15) is 0 Å². The summed E-state index contributed by atoms with van der Waals surface area (Å²) in [5.41, 5.74) is 1.15. The third-order valence-electron chi connectivity index (χ3n) is 4.38. The van der Waals surface area contributed by atoms with Crippen molar-refractivity contribution in [2.24, 2.45) is 0 Å². The van der Waals surface area contributed by atoms with Crippen molar-refractivity contribution in [2.45, 2.75) is 25.5 Å². The summed E-state index contributed by atoms with van der Waals surface area (Å²) >= 11 is 6.17. The van der Waals surface area contributed by atoms with Crippen LogP contribution in [0.3, 0.4) is 0 Å². The number of likely N-dealkylation sites (N-methyl/N-ethyl adjacent to an activating group) is 1. The Morgan fingerprint density at radius 1 is 1.32 bits per heavy atom. The second-order valence-electron chi connectivity index (χ2n) is 6.30. The molecule has 0 bridgehead atoms. The zero-order chi connectivity index (χ0) is 17.8. The van der Waals surface area contributed by atoms with E-state index in [-0.39, 0.29) is 17.6 Å². The maximum absolute atomic E-state index is 12.6. The Hall–Kier alpha value is -2.11. The second-order valence-corrected chi connectivity index (χ2v) is 6.70. The standard InChI is InChI=1S/C19H21ClN2O3/c1-21(13-16-6-4-10-25-16)19(24)15-8-9-18(23)22(12-15)11-14-5-2-3-7-17(14)20/h2-3,5,7-9,12,16H,4,6,10-11,13H2,1H3. The van der Waals surface area contributed by atoms with Crippen molar-refractivity contribution in [3.63, 3.8) is 0 Å². The van der Waals surface area contributed by atoms with Gasteiger partial charge in [0.05, 0.1) is 18.2 Å². The predicted molar refractivity (Wildman–Crippen MR) is 97.2 cm³/mol. The van der Waals surface area contributed by atoms with Crippen molar-refractivity contribution in [1.29, 1.82) is 0 Å². The monoisotopic (exact) mass is 360 g/mol. The molecule has 3 rings (SSSR count). The number of carbonyl (C=O) groups excluding carboxylic acids is 1. The molecule has 0 saturated carbocycles. The average Bonchev–Trinajstić information content (AvgIpc) is 3.11. The zero-order valence-electron chi connectivity index (χ0n) is 14.2. The van der Waals surface area contributed by atoms with E-state index >= 15 is 0 Å². The van der Waals surface area contributed by atoms with Crippen LogP contribution in [0.1, 0.15) is 28.8 Å². The molecule has 1 fully saturated rings. The van der Waals surface area contributed by atoms with E-state index in [1.165, 1.54) is 10.6 Å². The van der Waals surface area contributed by atoms with Crippen molar-refractivity contribution in [3.8, 4) is 0 Å². The van der Waals surface area contributed by atoms with Crippen LogP contribution in [0.15, 0.2) is 47.4 Å². The summed E-state index contributed by atoms with van der Waals surface area (Å²) in [7, 11) is 1.76. The molecule has 0 aliphatic carbocycles. The Labute approximate surface area is 151 Å². The quantitative estimate of drug-likeness (QED) is 0.823. The Kier molecular flexibility index (Phi) is 5.56. The van der Waals surface area contributed by atoms with E-state index in [0.29, 0.717) is 23.7 Å². The lowest BCUT2D eigenvalue weighted by Crippen LogP contribution is -2.34. The molecule has 1 aliphatic rings. The van der Waals surface area contributed by atoms with Crippen LogP contribution in [0.25, 0.3) is 0 Å². The Morgan fingerprint density at radius 3 is 2.84 bits per heavy atom. The molecule has 1 atom stereocenters.